The molecule has 0 spiro atoms. The first-order valence-electron chi connectivity index (χ1n) is 4.93. The lowest BCUT2D eigenvalue weighted by molar-refractivity contribution is -0.131. The Kier molecular flexibility index (Phi) is 4.41. The molecular weight excluding hydrogens is 321 g/mol. The second kappa shape index (κ2) is 5.55. The van der Waals surface area contributed by atoms with Crippen LogP contribution in [-0.2, 0) is 14.9 Å². The first kappa shape index (κ1) is 16.7. The fraction of sp³-hybridized carbons (Fsp3) is 0.222. The van der Waals surface area contributed by atoms with Gasteiger partial charge >= 0.3 is 21.6 Å². The summed E-state index contributed by atoms with van der Waals surface area (Å²) in [6.07, 6.45) is 0.510. The minimum atomic E-state index is -5.93. The van der Waals surface area contributed by atoms with E-state index in [1.165, 1.54) is 0 Å². The van der Waals surface area contributed by atoms with Gasteiger partial charge in [-0.25, -0.2) is 4.98 Å². The Hall–Kier alpha value is -2.37. The van der Waals surface area contributed by atoms with Gasteiger partial charge in [0.25, 0.3) is 5.91 Å². The Labute approximate surface area is 115 Å². The first-order chi connectivity index (χ1) is 9.44. The largest absolute Gasteiger partial charge is 0.534 e. The van der Waals surface area contributed by atoms with E-state index < -0.39 is 44.7 Å². The minimum Gasteiger partial charge on any atom is -0.424 e. The van der Waals surface area contributed by atoms with Gasteiger partial charge in [-0.15, -0.1) is 0 Å². The van der Waals surface area contributed by atoms with Crippen LogP contribution in [0.15, 0.2) is 12.3 Å². The molecule has 0 saturated carbocycles. The van der Waals surface area contributed by atoms with Crippen molar-refractivity contribution in [1.82, 2.24) is 4.98 Å². The highest BCUT2D eigenvalue weighted by molar-refractivity contribution is 7.87. The van der Waals surface area contributed by atoms with Crippen molar-refractivity contribution in [2.75, 3.05) is 0 Å². The number of carbonyl (C=O) groups excluding carboxylic acids is 2. The summed E-state index contributed by atoms with van der Waals surface area (Å²) in [5, 5.41) is 0. The van der Waals surface area contributed by atoms with Gasteiger partial charge in [-0.2, -0.15) is 21.6 Å². The van der Waals surface area contributed by atoms with Crippen LogP contribution < -0.4 is 14.7 Å². The number of nitrogens with two attached hydrogens (primary N) is 1. The molecule has 0 fully saturated rings. The van der Waals surface area contributed by atoms with Crippen molar-refractivity contribution in [2.24, 2.45) is 5.73 Å². The third-order valence-corrected chi connectivity index (χ3v) is 2.78. The van der Waals surface area contributed by atoms with Gasteiger partial charge in [0.1, 0.15) is 0 Å². The molecule has 8 nitrogen and oxygen atoms in total. The number of ether oxygens (including phenoxy) is 1. The molecule has 1 heterocycles. The smallest absolute Gasteiger partial charge is 0.424 e. The molecule has 1 rings (SSSR count). The monoisotopic (exact) mass is 328 g/mol. The Morgan fingerprint density at radius 2 is 1.90 bits per heavy atom. The second-order valence-electron chi connectivity index (χ2n) is 3.46. The van der Waals surface area contributed by atoms with E-state index in [-0.39, 0.29) is 0 Å². The fourth-order valence-electron chi connectivity index (χ4n) is 1.06. The maximum atomic E-state index is 12.1. The number of carbonyl (C=O) groups is 2. The van der Waals surface area contributed by atoms with Crippen LogP contribution in [0.5, 0.6) is 11.5 Å². The zero-order valence-electron chi connectivity index (χ0n) is 10.2. The Morgan fingerprint density at radius 3 is 2.33 bits per heavy atom. The summed E-state index contributed by atoms with van der Waals surface area (Å²) < 4.78 is 66.3. The minimum absolute atomic E-state index is 0.510. The lowest BCUT2D eigenvalue weighted by Crippen LogP contribution is -2.28. The summed E-state index contributed by atoms with van der Waals surface area (Å²) in [7, 11) is -5.93. The molecule has 0 radical (unpaired) electrons. The van der Waals surface area contributed by atoms with Crippen LogP contribution in [0.3, 0.4) is 0 Å². The number of halogens is 3. The van der Waals surface area contributed by atoms with E-state index >= 15 is 0 Å². The highest BCUT2D eigenvalue weighted by Gasteiger charge is 2.48. The SMILES string of the molecule is CC(=O)Oc1cc(OS(=O)(=O)C(F)(F)F)cnc1C(N)=O. The van der Waals surface area contributed by atoms with Crippen molar-refractivity contribution in [3.05, 3.63) is 18.0 Å². The van der Waals surface area contributed by atoms with Crippen molar-refractivity contribution in [3.8, 4) is 11.5 Å². The number of nitrogens with zero attached hydrogens (tertiary/aromatic N) is 1. The van der Waals surface area contributed by atoms with Crippen LogP contribution in [0.2, 0.25) is 0 Å². The topological polar surface area (TPSA) is 126 Å². The van der Waals surface area contributed by atoms with Crippen molar-refractivity contribution in [3.63, 3.8) is 0 Å². The highest BCUT2D eigenvalue weighted by Crippen LogP contribution is 2.29. The van der Waals surface area contributed by atoms with Crippen molar-refractivity contribution < 1.29 is 40.1 Å². The van der Waals surface area contributed by atoms with Crippen LogP contribution in [0.1, 0.15) is 17.4 Å². The van der Waals surface area contributed by atoms with Gasteiger partial charge < -0.3 is 14.7 Å². The maximum Gasteiger partial charge on any atom is 0.534 e. The molecule has 2 N–H and O–H groups in total. The van der Waals surface area contributed by atoms with Gasteiger partial charge in [-0.3, -0.25) is 9.59 Å². The predicted molar refractivity (Wildman–Crippen MR) is 59.7 cm³/mol. The molecule has 1 aromatic rings. The molecule has 116 valence electrons. The summed E-state index contributed by atoms with van der Waals surface area (Å²) >= 11 is 0. The molecular formula is C9H7F3N2O6S. The van der Waals surface area contributed by atoms with Crippen molar-refractivity contribution in [2.45, 2.75) is 12.4 Å². The summed E-state index contributed by atoms with van der Waals surface area (Å²) in [6, 6.07) is 0.567. The average Bonchev–Trinajstić information content (AvgIpc) is 2.25. The van der Waals surface area contributed by atoms with Crippen LogP contribution in [0.4, 0.5) is 13.2 Å². The van der Waals surface area contributed by atoms with Crippen LogP contribution in [0.25, 0.3) is 0 Å². The lowest BCUT2D eigenvalue weighted by Gasteiger charge is -2.11. The van der Waals surface area contributed by atoms with Gasteiger partial charge in [0, 0.05) is 13.0 Å². The molecule has 0 aliphatic carbocycles. The summed E-state index contributed by atoms with van der Waals surface area (Å²) in [4.78, 5) is 25.1. The molecule has 1 aromatic heterocycles. The molecule has 0 aliphatic heterocycles. The van der Waals surface area contributed by atoms with Gasteiger partial charge in [-0.1, -0.05) is 0 Å². The van der Waals surface area contributed by atoms with E-state index in [4.69, 9.17) is 5.73 Å². The van der Waals surface area contributed by atoms with Gasteiger partial charge in [0.15, 0.2) is 17.2 Å². The second-order valence-corrected chi connectivity index (χ2v) is 5.00. The number of hydrogen-bond donors (Lipinski definition) is 1. The zero-order chi connectivity index (χ0) is 16.4. The third-order valence-electron chi connectivity index (χ3n) is 1.80. The Bertz CT molecular complexity index is 685. The molecule has 0 aromatic carbocycles. The predicted octanol–water partition coefficient (Wildman–Crippen LogP) is 0.334. The molecule has 1 amide bonds. The number of aromatic nitrogens is 1. The molecule has 0 atom stereocenters. The lowest BCUT2D eigenvalue weighted by atomic mass is 10.3. The number of alkyl halides is 3. The highest BCUT2D eigenvalue weighted by atomic mass is 32.2. The average molecular weight is 328 g/mol. The van der Waals surface area contributed by atoms with E-state index in [9.17, 15) is 31.2 Å². The summed E-state index contributed by atoms with van der Waals surface area (Å²) in [5.41, 5.74) is -1.33. The van der Waals surface area contributed by atoms with Crippen LogP contribution in [0, 0.1) is 0 Å². The van der Waals surface area contributed by atoms with E-state index in [2.05, 4.69) is 13.9 Å². The van der Waals surface area contributed by atoms with E-state index in [0.29, 0.717) is 12.3 Å². The first-order valence-corrected chi connectivity index (χ1v) is 6.34. The third kappa shape index (κ3) is 4.05. The quantitative estimate of drug-likeness (QED) is 0.479. The normalized spacial score (nSPS) is 11.8. The molecule has 12 heteroatoms. The maximum absolute atomic E-state index is 12.1. The van der Waals surface area contributed by atoms with Gasteiger partial charge in [-0.05, 0) is 0 Å². The number of hydrogen-bond acceptors (Lipinski definition) is 7. The van der Waals surface area contributed by atoms with Crippen LogP contribution in [-0.4, -0.2) is 30.8 Å². The molecule has 21 heavy (non-hydrogen) atoms. The Morgan fingerprint density at radius 1 is 1.33 bits per heavy atom. The standard InChI is InChI=1S/C9H7F3N2O6S/c1-4(15)19-6-2-5(3-14-7(6)8(13)16)20-21(17,18)9(10,11)12/h2-3H,1H3,(H2,13,16). The van der Waals surface area contributed by atoms with E-state index in [0.717, 1.165) is 6.92 Å². The number of esters is 1. The van der Waals surface area contributed by atoms with E-state index in [1.807, 2.05) is 0 Å². The Balaban J connectivity index is 3.23. The number of primary amides is 1. The molecule has 0 saturated heterocycles. The molecule has 0 unspecified atom stereocenters. The van der Waals surface area contributed by atoms with Crippen LogP contribution >= 0.6 is 0 Å². The number of rotatable bonds is 4. The summed E-state index contributed by atoms with van der Waals surface area (Å²) in [5.74, 6) is -3.62. The fourth-order valence-corrected chi connectivity index (χ4v) is 1.50. The number of amides is 1. The van der Waals surface area contributed by atoms with Gasteiger partial charge in [0.2, 0.25) is 0 Å². The molecule has 0 bridgehead atoms. The van der Waals surface area contributed by atoms with Crippen molar-refractivity contribution >= 4 is 22.0 Å². The van der Waals surface area contributed by atoms with Gasteiger partial charge in [0.05, 0.1) is 6.20 Å². The zero-order valence-corrected chi connectivity index (χ0v) is 11.0. The van der Waals surface area contributed by atoms with E-state index in [1.54, 1.807) is 0 Å². The summed E-state index contributed by atoms with van der Waals surface area (Å²) in [6.45, 7) is 0.935. The number of pyridine rings is 1. The van der Waals surface area contributed by atoms with Crippen molar-refractivity contribution in [1.29, 1.82) is 0 Å². The molecule has 0 aliphatic rings.